The van der Waals surface area contributed by atoms with Crippen LogP contribution in [0.5, 0.6) is 0 Å². The van der Waals surface area contributed by atoms with Crippen molar-refractivity contribution in [2.75, 3.05) is 0 Å². The van der Waals surface area contributed by atoms with Gasteiger partial charge in [-0.15, -0.1) is 0 Å². The number of unbranched alkanes of at least 4 members (excludes halogenated alkanes) is 1. The van der Waals surface area contributed by atoms with Crippen molar-refractivity contribution in [1.29, 1.82) is 0 Å². The summed E-state index contributed by atoms with van der Waals surface area (Å²) in [6.07, 6.45) is 2.35. The van der Waals surface area contributed by atoms with E-state index >= 15 is 0 Å². The van der Waals surface area contributed by atoms with E-state index in [-0.39, 0.29) is 0 Å². The summed E-state index contributed by atoms with van der Waals surface area (Å²) in [6.45, 7) is 2.04. The molecular weight excluding hydrogens is 179 g/mol. The normalized spacial score (nSPS) is 12.4. The molecule has 0 unspecified atom stereocenters. The Morgan fingerprint density at radius 1 is 1.36 bits per heavy atom. The molecule has 2 heteroatoms. The first kappa shape index (κ1) is 10.9. The van der Waals surface area contributed by atoms with Crippen molar-refractivity contribution in [1.82, 2.24) is 0 Å². The van der Waals surface area contributed by atoms with E-state index in [1.54, 1.807) is 24.3 Å². The summed E-state index contributed by atoms with van der Waals surface area (Å²) in [5.74, 6) is 0. The first-order valence-corrected chi connectivity index (χ1v) is 4.97. The van der Waals surface area contributed by atoms with E-state index in [4.69, 9.17) is 0 Å². The minimum Gasteiger partial charge on any atom is -0.298 e. The second-order valence-electron chi connectivity index (χ2n) is 3.39. The zero-order valence-electron chi connectivity index (χ0n) is 8.37. The molecule has 0 aliphatic carbocycles. The van der Waals surface area contributed by atoms with Crippen LogP contribution in [0.1, 0.15) is 48.3 Å². The third kappa shape index (κ3) is 2.95. The monoisotopic (exact) mass is 194 g/mol. The van der Waals surface area contributed by atoms with Crippen LogP contribution in [0.4, 0.5) is 4.39 Å². The molecule has 76 valence electrons. The molecule has 1 aromatic carbocycles. The van der Waals surface area contributed by atoms with Gasteiger partial charge in [0.05, 0.1) is 0 Å². The molecule has 0 spiro atoms. The van der Waals surface area contributed by atoms with Crippen LogP contribution in [0.25, 0.3) is 0 Å². The molecule has 0 fully saturated rings. The van der Waals surface area contributed by atoms with Crippen molar-refractivity contribution in [3.05, 3.63) is 35.4 Å². The molecule has 1 nitrogen and oxygen atoms in total. The molecule has 0 aliphatic rings. The van der Waals surface area contributed by atoms with Crippen LogP contribution in [0.3, 0.4) is 0 Å². The number of carbonyl (C=O) groups excluding carboxylic acids is 1. The lowest BCUT2D eigenvalue weighted by molar-refractivity contribution is 0.112. The molecule has 0 bridgehead atoms. The Morgan fingerprint density at radius 3 is 2.50 bits per heavy atom. The smallest absolute Gasteiger partial charge is 0.150 e. The Bertz CT molecular complexity index is 279. The van der Waals surface area contributed by atoms with Crippen molar-refractivity contribution in [2.24, 2.45) is 0 Å². The van der Waals surface area contributed by atoms with E-state index in [0.717, 1.165) is 19.1 Å². The van der Waals surface area contributed by atoms with Crippen molar-refractivity contribution in [3.8, 4) is 0 Å². The van der Waals surface area contributed by atoms with Crippen LogP contribution in [0.2, 0.25) is 0 Å². The van der Waals surface area contributed by atoms with Crippen molar-refractivity contribution >= 4 is 6.29 Å². The molecule has 0 aliphatic heterocycles. The Morgan fingerprint density at radius 2 is 2.00 bits per heavy atom. The lowest BCUT2D eigenvalue weighted by Crippen LogP contribution is -1.92. The van der Waals surface area contributed by atoms with Gasteiger partial charge in [-0.1, -0.05) is 44.0 Å². The molecule has 0 N–H and O–H groups in total. The van der Waals surface area contributed by atoms with Gasteiger partial charge in [0.25, 0.3) is 0 Å². The second kappa shape index (κ2) is 5.53. The van der Waals surface area contributed by atoms with Crippen LogP contribution in [-0.4, -0.2) is 6.29 Å². The van der Waals surface area contributed by atoms with Gasteiger partial charge < -0.3 is 0 Å². The number of aldehydes is 1. The summed E-state index contributed by atoms with van der Waals surface area (Å²) in [6, 6.07) is 6.68. The van der Waals surface area contributed by atoms with Gasteiger partial charge in [0.1, 0.15) is 12.5 Å². The zero-order valence-corrected chi connectivity index (χ0v) is 8.37. The number of alkyl halides is 1. The standard InChI is InChI=1S/C12H15FO/c1-2-3-4-12(13)11-7-5-10(9-14)6-8-11/h5-9,12H,2-4H2,1H3/t12-/m1/s1. The van der Waals surface area contributed by atoms with Gasteiger partial charge in [-0.25, -0.2) is 4.39 Å². The fourth-order valence-corrected chi connectivity index (χ4v) is 1.33. The Labute approximate surface area is 83.9 Å². The summed E-state index contributed by atoms with van der Waals surface area (Å²) in [7, 11) is 0. The van der Waals surface area contributed by atoms with Crippen LogP contribution in [0, 0.1) is 0 Å². The first-order valence-electron chi connectivity index (χ1n) is 4.97. The molecule has 0 saturated heterocycles. The van der Waals surface area contributed by atoms with Crippen LogP contribution < -0.4 is 0 Å². The third-order valence-electron chi connectivity index (χ3n) is 2.25. The predicted molar refractivity (Wildman–Crippen MR) is 55.2 cm³/mol. The van der Waals surface area contributed by atoms with E-state index in [0.29, 0.717) is 17.5 Å². The Balaban J connectivity index is 2.61. The second-order valence-corrected chi connectivity index (χ2v) is 3.39. The minimum absolute atomic E-state index is 0.566. The van der Waals surface area contributed by atoms with E-state index in [1.165, 1.54) is 0 Å². The minimum atomic E-state index is -0.893. The molecule has 0 amide bonds. The first-order chi connectivity index (χ1) is 6.77. The van der Waals surface area contributed by atoms with Crippen molar-refractivity contribution in [2.45, 2.75) is 32.4 Å². The van der Waals surface area contributed by atoms with E-state index in [1.807, 2.05) is 6.92 Å². The third-order valence-corrected chi connectivity index (χ3v) is 2.25. The number of benzene rings is 1. The number of halogens is 1. The maximum Gasteiger partial charge on any atom is 0.150 e. The fourth-order valence-electron chi connectivity index (χ4n) is 1.33. The number of rotatable bonds is 5. The fraction of sp³-hybridized carbons (Fsp3) is 0.417. The van der Waals surface area contributed by atoms with Gasteiger partial charge in [0.2, 0.25) is 0 Å². The maximum atomic E-state index is 13.5. The summed E-state index contributed by atoms with van der Waals surface area (Å²) >= 11 is 0. The van der Waals surface area contributed by atoms with Crippen LogP contribution >= 0.6 is 0 Å². The molecule has 1 rings (SSSR count). The van der Waals surface area contributed by atoms with Gasteiger partial charge in [-0.05, 0) is 12.0 Å². The Hall–Kier alpha value is -1.18. The molecule has 1 atom stereocenters. The van der Waals surface area contributed by atoms with Crippen LogP contribution in [0.15, 0.2) is 24.3 Å². The zero-order chi connectivity index (χ0) is 10.4. The lowest BCUT2D eigenvalue weighted by atomic mass is 10.0. The average molecular weight is 194 g/mol. The van der Waals surface area contributed by atoms with Gasteiger partial charge in [-0.3, -0.25) is 4.79 Å². The summed E-state index contributed by atoms with van der Waals surface area (Å²) in [5, 5.41) is 0. The molecule has 0 heterocycles. The summed E-state index contributed by atoms with van der Waals surface area (Å²) in [5.41, 5.74) is 1.26. The summed E-state index contributed by atoms with van der Waals surface area (Å²) < 4.78 is 13.5. The highest BCUT2D eigenvalue weighted by Gasteiger charge is 2.08. The Kier molecular flexibility index (Phi) is 4.30. The summed E-state index contributed by atoms with van der Waals surface area (Å²) in [4.78, 5) is 10.4. The molecule has 14 heavy (non-hydrogen) atoms. The van der Waals surface area contributed by atoms with Gasteiger partial charge >= 0.3 is 0 Å². The molecule has 0 radical (unpaired) electrons. The molecule has 0 aromatic heterocycles. The largest absolute Gasteiger partial charge is 0.298 e. The average Bonchev–Trinajstić information content (AvgIpc) is 2.26. The van der Waals surface area contributed by atoms with E-state index < -0.39 is 6.17 Å². The quantitative estimate of drug-likeness (QED) is 0.653. The highest BCUT2D eigenvalue weighted by molar-refractivity contribution is 5.74. The molecule has 0 saturated carbocycles. The number of carbonyl (C=O) groups is 1. The van der Waals surface area contributed by atoms with Gasteiger partial charge in [-0.2, -0.15) is 0 Å². The highest BCUT2D eigenvalue weighted by Crippen LogP contribution is 2.23. The number of hydrogen-bond acceptors (Lipinski definition) is 1. The van der Waals surface area contributed by atoms with Crippen LogP contribution in [-0.2, 0) is 0 Å². The SMILES string of the molecule is CCCC[C@@H](F)c1ccc(C=O)cc1. The topological polar surface area (TPSA) is 17.1 Å². The predicted octanol–water partition coefficient (Wildman–Crippen LogP) is 3.70. The van der Waals surface area contributed by atoms with Crippen molar-refractivity contribution in [3.63, 3.8) is 0 Å². The number of hydrogen-bond donors (Lipinski definition) is 0. The van der Waals surface area contributed by atoms with Gasteiger partial charge in [0.15, 0.2) is 0 Å². The van der Waals surface area contributed by atoms with Gasteiger partial charge in [0, 0.05) is 5.56 Å². The van der Waals surface area contributed by atoms with E-state index in [2.05, 4.69) is 0 Å². The van der Waals surface area contributed by atoms with E-state index in [9.17, 15) is 9.18 Å². The maximum absolute atomic E-state index is 13.5. The molecular formula is C12H15FO. The highest BCUT2D eigenvalue weighted by atomic mass is 19.1. The molecule has 1 aromatic rings. The lowest BCUT2D eigenvalue weighted by Gasteiger charge is -2.07. The van der Waals surface area contributed by atoms with Crippen molar-refractivity contribution < 1.29 is 9.18 Å².